The van der Waals surface area contributed by atoms with Crippen LogP contribution in [0.15, 0.2) is 48.5 Å². The van der Waals surface area contributed by atoms with Gasteiger partial charge in [0.15, 0.2) is 0 Å². The quantitative estimate of drug-likeness (QED) is 0.0975. The van der Waals surface area contributed by atoms with E-state index in [1.807, 2.05) is 0 Å². The third-order valence-electron chi connectivity index (χ3n) is 9.58. The van der Waals surface area contributed by atoms with Gasteiger partial charge in [0.1, 0.15) is 13.1 Å². The van der Waals surface area contributed by atoms with Gasteiger partial charge in [0.25, 0.3) is 0 Å². The first-order valence-corrected chi connectivity index (χ1v) is 18.2. The first-order chi connectivity index (χ1) is 20.4. The minimum Gasteiger partial charge on any atom is -1.00 e. The first kappa shape index (κ1) is 42.9. The van der Waals surface area contributed by atoms with Crippen molar-refractivity contribution in [3.05, 3.63) is 59.7 Å². The lowest BCUT2D eigenvalue weighted by Gasteiger charge is -2.35. The van der Waals surface area contributed by atoms with Crippen LogP contribution in [0.1, 0.15) is 142 Å². The maximum atomic E-state index is 2.50. The van der Waals surface area contributed by atoms with E-state index in [9.17, 15) is 0 Å². The summed E-state index contributed by atoms with van der Waals surface area (Å²) in [5.41, 5.74) is 5.68. The molecule has 0 saturated carbocycles. The molecule has 0 amide bonds. The van der Waals surface area contributed by atoms with Gasteiger partial charge in [-0.1, -0.05) is 128 Å². The highest BCUT2D eigenvalue weighted by atomic mass is 35.5. The van der Waals surface area contributed by atoms with Crippen molar-refractivity contribution in [2.24, 2.45) is 0 Å². The molecule has 0 spiro atoms. The monoisotopic (exact) mass is 648 g/mol. The predicted molar refractivity (Wildman–Crippen MR) is 188 cm³/mol. The van der Waals surface area contributed by atoms with Gasteiger partial charge in [-0.2, -0.15) is 0 Å². The molecule has 0 aromatic heterocycles. The Bertz CT molecular complexity index is 824. The number of halogens is 2. The van der Waals surface area contributed by atoms with Gasteiger partial charge in [0, 0.05) is 11.1 Å². The molecule has 0 aliphatic rings. The number of nitrogens with zero attached hydrogens (tertiary/aromatic N) is 2. The molecule has 0 heterocycles. The summed E-state index contributed by atoms with van der Waals surface area (Å²) in [5.74, 6) is 0. The van der Waals surface area contributed by atoms with E-state index in [-0.39, 0.29) is 24.8 Å². The second-order valence-corrected chi connectivity index (χ2v) is 14.1. The molecule has 0 unspecified atom stereocenters. The summed E-state index contributed by atoms with van der Waals surface area (Å²) in [6.07, 6.45) is 21.7. The SMILES string of the molecule is CCCCCC[N+](C)(CCCCCC)Cc1ccc(-c2ccc(C[N+](C)(CCCCCC)CCCCCC)cc2)cc1.[Cl-].[Cl-]. The molecule has 2 aromatic carbocycles. The third-order valence-corrected chi connectivity index (χ3v) is 9.58. The zero-order valence-corrected chi connectivity index (χ0v) is 31.3. The van der Waals surface area contributed by atoms with Crippen molar-refractivity contribution >= 4 is 0 Å². The Hall–Kier alpha value is -1.06. The zero-order chi connectivity index (χ0) is 30.5. The molecule has 0 aliphatic carbocycles. The van der Waals surface area contributed by atoms with Crippen LogP contribution in [-0.4, -0.2) is 49.2 Å². The highest BCUT2D eigenvalue weighted by molar-refractivity contribution is 5.63. The predicted octanol–water partition coefficient (Wildman–Crippen LogP) is 5.58. The van der Waals surface area contributed by atoms with E-state index in [1.54, 1.807) is 0 Å². The normalized spacial score (nSPS) is 11.7. The van der Waals surface area contributed by atoms with Crippen LogP contribution in [0, 0.1) is 0 Å². The summed E-state index contributed by atoms with van der Waals surface area (Å²) >= 11 is 0. The van der Waals surface area contributed by atoms with Crippen LogP contribution >= 0.6 is 0 Å². The molecule has 0 radical (unpaired) electrons. The molecular weight excluding hydrogens is 579 g/mol. The molecule has 0 saturated heterocycles. The van der Waals surface area contributed by atoms with Crippen LogP contribution in [0.2, 0.25) is 0 Å². The van der Waals surface area contributed by atoms with Gasteiger partial charge in [0.05, 0.1) is 40.3 Å². The summed E-state index contributed by atoms with van der Waals surface area (Å²) in [7, 11) is 5.01. The lowest BCUT2D eigenvalue weighted by Crippen LogP contribution is -3.00. The van der Waals surface area contributed by atoms with E-state index < -0.39 is 0 Å². The van der Waals surface area contributed by atoms with Crippen molar-refractivity contribution < 1.29 is 33.8 Å². The van der Waals surface area contributed by atoms with Crippen molar-refractivity contribution in [1.82, 2.24) is 0 Å². The fourth-order valence-electron chi connectivity index (χ4n) is 6.71. The van der Waals surface area contributed by atoms with Gasteiger partial charge in [-0.05, 0) is 62.5 Å². The van der Waals surface area contributed by atoms with Gasteiger partial charge in [-0.15, -0.1) is 0 Å². The van der Waals surface area contributed by atoms with Crippen molar-refractivity contribution in [3.8, 4) is 11.1 Å². The number of hydrogen-bond acceptors (Lipinski definition) is 0. The van der Waals surface area contributed by atoms with E-state index in [2.05, 4.69) is 90.3 Å². The van der Waals surface area contributed by atoms with E-state index in [0.717, 1.165) is 13.1 Å². The first-order valence-electron chi connectivity index (χ1n) is 18.2. The van der Waals surface area contributed by atoms with Crippen LogP contribution in [0.25, 0.3) is 11.1 Å². The van der Waals surface area contributed by atoms with Crippen molar-refractivity contribution in [1.29, 1.82) is 0 Å². The lowest BCUT2D eigenvalue weighted by atomic mass is 10.0. The number of unbranched alkanes of at least 4 members (excludes halogenated alkanes) is 12. The van der Waals surface area contributed by atoms with E-state index in [4.69, 9.17) is 0 Å². The van der Waals surface area contributed by atoms with Gasteiger partial charge >= 0.3 is 0 Å². The molecule has 4 heteroatoms. The average Bonchev–Trinajstić information content (AvgIpc) is 2.99. The number of quaternary nitrogens is 2. The van der Waals surface area contributed by atoms with E-state index >= 15 is 0 Å². The van der Waals surface area contributed by atoms with Crippen molar-refractivity contribution in [3.63, 3.8) is 0 Å². The van der Waals surface area contributed by atoms with Crippen molar-refractivity contribution in [2.45, 2.75) is 144 Å². The molecule has 2 aromatic rings. The summed E-state index contributed by atoms with van der Waals surface area (Å²) < 4.78 is 2.38. The Labute approximate surface area is 287 Å². The molecule has 0 fully saturated rings. The van der Waals surface area contributed by atoms with E-state index in [0.29, 0.717) is 0 Å². The fraction of sp³-hybridized carbons (Fsp3) is 0.700. The molecule has 2 nitrogen and oxygen atoms in total. The molecule has 0 N–H and O–H groups in total. The maximum Gasteiger partial charge on any atom is 0.104 e. The Kier molecular flexibility index (Phi) is 24.5. The smallest absolute Gasteiger partial charge is 0.104 e. The van der Waals surface area contributed by atoms with Gasteiger partial charge in [-0.25, -0.2) is 0 Å². The number of hydrogen-bond donors (Lipinski definition) is 0. The van der Waals surface area contributed by atoms with Crippen molar-refractivity contribution in [2.75, 3.05) is 40.3 Å². The Morgan fingerprint density at radius 1 is 0.364 bits per heavy atom. The Morgan fingerprint density at radius 3 is 0.841 bits per heavy atom. The summed E-state index contributed by atoms with van der Waals surface area (Å²) in [5, 5.41) is 0. The Balaban J connectivity index is 0.00000924. The highest BCUT2D eigenvalue weighted by Gasteiger charge is 2.23. The largest absolute Gasteiger partial charge is 1.00 e. The van der Waals surface area contributed by atoms with E-state index in [1.165, 1.54) is 160 Å². The van der Waals surface area contributed by atoms with Gasteiger partial charge in [-0.3, -0.25) is 0 Å². The molecule has 0 aliphatic heterocycles. The molecule has 0 atom stereocenters. The third kappa shape index (κ3) is 17.6. The molecular formula is C40H70Cl2N2. The second kappa shape index (κ2) is 25.1. The Morgan fingerprint density at radius 2 is 0.614 bits per heavy atom. The number of benzene rings is 2. The summed E-state index contributed by atoms with van der Waals surface area (Å²) in [6.45, 7) is 16.8. The maximum absolute atomic E-state index is 2.50. The van der Waals surface area contributed by atoms with Crippen LogP contribution in [-0.2, 0) is 13.1 Å². The molecule has 2 rings (SSSR count). The standard InChI is InChI=1S/C40H70N2.2ClH/c1-7-11-15-19-31-41(5,32-20-16-12-8-2)35-37-23-27-39(28-24-37)40-29-25-38(26-30-40)36-42(6,33-21-17-13-9-3)34-22-18-14-10-4;;/h23-30H,7-22,31-36H2,1-6H3;2*1H/q+2;;/p-2. The molecule has 44 heavy (non-hydrogen) atoms. The minimum absolute atomic E-state index is 0. The molecule has 254 valence electrons. The van der Waals surface area contributed by atoms with Crippen LogP contribution in [0.3, 0.4) is 0 Å². The molecule has 0 bridgehead atoms. The lowest BCUT2D eigenvalue weighted by molar-refractivity contribution is -0.923. The van der Waals surface area contributed by atoms with Crippen LogP contribution in [0.5, 0.6) is 0 Å². The van der Waals surface area contributed by atoms with Gasteiger partial charge in [0.2, 0.25) is 0 Å². The zero-order valence-electron chi connectivity index (χ0n) is 29.8. The fourth-order valence-corrected chi connectivity index (χ4v) is 6.71. The van der Waals surface area contributed by atoms with Crippen LogP contribution in [0.4, 0.5) is 0 Å². The van der Waals surface area contributed by atoms with Crippen LogP contribution < -0.4 is 24.8 Å². The summed E-state index contributed by atoms with van der Waals surface area (Å²) in [4.78, 5) is 0. The topological polar surface area (TPSA) is 0 Å². The number of rotatable bonds is 25. The average molecular weight is 650 g/mol. The van der Waals surface area contributed by atoms with Gasteiger partial charge < -0.3 is 33.8 Å². The summed E-state index contributed by atoms with van der Waals surface area (Å²) in [6, 6.07) is 19.1. The minimum atomic E-state index is 0. The second-order valence-electron chi connectivity index (χ2n) is 14.1. The highest BCUT2D eigenvalue weighted by Crippen LogP contribution is 2.25.